The molecule has 0 unspecified atom stereocenters. The molecule has 0 saturated heterocycles. The number of rotatable bonds is 2. The predicted molar refractivity (Wildman–Crippen MR) is 48.7 cm³/mol. The number of hydrogen-bond donors (Lipinski definition) is 0. The van der Waals surface area contributed by atoms with Crippen molar-refractivity contribution in [3.05, 3.63) is 16.9 Å². The van der Waals surface area contributed by atoms with E-state index in [-0.39, 0.29) is 0 Å². The molecule has 1 rings (SSSR count). The van der Waals surface area contributed by atoms with E-state index < -0.39 is 0 Å². The minimum Gasteiger partial charge on any atom is -0.163 e. The second-order valence-electron chi connectivity index (χ2n) is 2.59. The van der Waals surface area contributed by atoms with Crippen LogP contribution in [0.3, 0.4) is 0 Å². The van der Waals surface area contributed by atoms with Crippen molar-refractivity contribution in [3.8, 4) is 0 Å². The molecule has 4 heteroatoms. The highest BCUT2D eigenvalue weighted by Crippen LogP contribution is 2.05. The third-order valence-electron chi connectivity index (χ3n) is 1.02. The van der Waals surface area contributed by atoms with Gasteiger partial charge in [-0.05, 0) is 21.8 Å². The Balaban J connectivity index is 2.64. The highest BCUT2D eigenvalue weighted by atomic mass is 79.9. The summed E-state index contributed by atoms with van der Waals surface area (Å²) in [6.45, 7) is 4.14. The Hall–Kier alpha value is -0.640. The minimum absolute atomic E-state index is 0.456. The molecule has 60 valence electrons. The zero-order valence-corrected chi connectivity index (χ0v) is 8.12. The molecule has 0 spiro atoms. The summed E-state index contributed by atoms with van der Waals surface area (Å²) in [5.74, 6) is 0.456. The van der Waals surface area contributed by atoms with E-state index in [2.05, 4.69) is 40.0 Å². The normalized spacial score (nSPS) is 11.6. The largest absolute Gasteiger partial charge is 0.163 e. The smallest absolute Gasteiger partial charge is 0.0654 e. The fourth-order valence-electron chi connectivity index (χ4n) is 0.556. The summed E-state index contributed by atoms with van der Waals surface area (Å²) in [5, 5.41) is 8.04. The van der Waals surface area contributed by atoms with Crippen molar-refractivity contribution in [2.75, 3.05) is 0 Å². The maximum Gasteiger partial charge on any atom is 0.0654 e. The fraction of sp³-hybridized carbons (Fsp3) is 0.429. The SMILES string of the molecule is CC(C)/C=N/n1cc(Br)cn1. The van der Waals surface area contributed by atoms with Crippen molar-refractivity contribution in [3.63, 3.8) is 0 Å². The molecular formula is C7H10BrN3. The van der Waals surface area contributed by atoms with Crippen LogP contribution in [0.1, 0.15) is 13.8 Å². The van der Waals surface area contributed by atoms with Gasteiger partial charge in [0.25, 0.3) is 0 Å². The Kier molecular flexibility index (Phi) is 2.82. The molecule has 0 aliphatic carbocycles. The Morgan fingerprint density at radius 2 is 2.45 bits per heavy atom. The highest BCUT2D eigenvalue weighted by molar-refractivity contribution is 9.10. The molecule has 0 atom stereocenters. The zero-order valence-electron chi connectivity index (χ0n) is 6.53. The highest BCUT2D eigenvalue weighted by Gasteiger charge is 1.90. The van der Waals surface area contributed by atoms with Crippen LogP contribution in [-0.2, 0) is 0 Å². The number of hydrogen-bond acceptors (Lipinski definition) is 2. The Bertz CT molecular complexity index is 252. The molecule has 3 nitrogen and oxygen atoms in total. The fourth-order valence-corrected chi connectivity index (χ4v) is 0.831. The van der Waals surface area contributed by atoms with Gasteiger partial charge in [0.15, 0.2) is 0 Å². The first-order valence-corrected chi connectivity index (χ1v) is 4.22. The number of halogens is 1. The molecule has 0 aromatic carbocycles. The second-order valence-corrected chi connectivity index (χ2v) is 3.50. The van der Waals surface area contributed by atoms with Gasteiger partial charge in [0.05, 0.1) is 16.9 Å². The van der Waals surface area contributed by atoms with Crippen LogP contribution < -0.4 is 0 Å². The topological polar surface area (TPSA) is 30.2 Å². The van der Waals surface area contributed by atoms with Gasteiger partial charge >= 0.3 is 0 Å². The first kappa shape index (κ1) is 8.46. The van der Waals surface area contributed by atoms with E-state index in [0.29, 0.717) is 5.92 Å². The number of nitrogens with zero attached hydrogens (tertiary/aromatic N) is 3. The van der Waals surface area contributed by atoms with Crippen LogP contribution in [0.25, 0.3) is 0 Å². The molecule has 0 aliphatic rings. The van der Waals surface area contributed by atoms with Crippen LogP contribution in [0, 0.1) is 5.92 Å². The van der Waals surface area contributed by atoms with E-state index in [1.54, 1.807) is 12.4 Å². The standard InChI is InChI=1S/C7H10BrN3/c1-6(2)3-9-11-5-7(8)4-10-11/h3-6H,1-2H3/b9-3+. The molecule has 1 aromatic rings. The van der Waals surface area contributed by atoms with Crippen LogP contribution in [0.5, 0.6) is 0 Å². The summed E-state index contributed by atoms with van der Waals surface area (Å²) in [4.78, 5) is 1.53. The molecule has 0 aliphatic heterocycles. The van der Waals surface area contributed by atoms with E-state index in [1.165, 1.54) is 4.79 Å². The van der Waals surface area contributed by atoms with Crippen molar-refractivity contribution in [2.45, 2.75) is 13.8 Å². The van der Waals surface area contributed by atoms with Crippen LogP contribution >= 0.6 is 15.9 Å². The summed E-state index contributed by atoms with van der Waals surface area (Å²) in [5.41, 5.74) is 0. The molecule has 11 heavy (non-hydrogen) atoms. The van der Waals surface area contributed by atoms with Crippen molar-refractivity contribution in [1.82, 2.24) is 9.89 Å². The van der Waals surface area contributed by atoms with Crippen molar-refractivity contribution < 1.29 is 0 Å². The molecule has 0 bridgehead atoms. The summed E-state index contributed by atoms with van der Waals surface area (Å²) in [6, 6.07) is 0. The van der Waals surface area contributed by atoms with Crippen LogP contribution in [-0.4, -0.2) is 16.1 Å². The van der Waals surface area contributed by atoms with Gasteiger partial charge in [-0.1, -0.05) is 13.8 Å². The molecule has 0 amide bonds. The van der Waals surface area contributed by atoms with Gasteiger partial charge in [0.2, 0.25) is 0 Å². The molecule has 0 saturated carbocycles. The quantitative estimate of drug-likeness (QED) is 0.696. The van der Waals surface area contributed by atoms with E-state index in [4.69, 9.17) is 0 Å². The summed E-state index contributed by atoms with van der Waals surface area (Å²) >= 11 is 3.28. The van der Waals surface area contributed by atoms with Crippen LogP contribution in [0.15, 0.2) is 22.0 Å². The molecular weight excluding hydrogens is 206 g/mol. The van der Waals surface area contributed by atoms with Gasteiger partial charge < -0.3 is 0 Å². The monoisotopic (exact) mass is 215 g/mol. The average Bonchev–Trinajstić information content (AvgIpc) is 2.31. The van der Waals surface area contributed by atoms with E-state index in [9.17, 15) is 0 Å². The molecule has 0 N–H and O–H groups in total. The Labute approximate surface area is 74.2 Å². The van der Waals surface area contributed by atoms with Crippen molar-refractivity contribution in [2.24, 2.45) is 11.0 Å². The predicted octanol–water partition coefficient (Wildman–Crippen LogP) is 2.14. The van der Waals surface area contributed by atoms with Crippen LogP contribution in [0.2, 0.25) is 0 Å². The maximum atomic E-state index is 4.08. The lowest BCUT2D eigenvalue weighted by Crippen LogP contribution is -1.93. The lowest BCUT2D eigenvalue weighted by atomic mass is 10.3. The Morgan fingerprint density at radius 1 is 1.73 bits per heavy atom. The van der Waals surface area contributed by atoms with E-state index in [1.807, 2.05) is 6.21 Å². The summed E-state index contributed by atoms with van der Waals surface area (Å²) < 4.78 is 0.943. The average molecular weight is 216 g/mol. The van der Waals surface area contributed by atoms with Gasteiger partial charge in [-0.15, -0.1) is 0 Å². The molecule has 0 fully saturated rings. The Morgan fingerprint density at radius 3 is 2.91 bits per heavy atom. The lowest BCUT2D eigenvalue weighted by molar-refractivity contribution is 0.731. The van der Waals surface area contributed by atoms with Gasteiger partial charge in [0.1, 0.15) is 0 Å². The van der Waals surface area contributed by atoms with Gasteiger partial charge in [-0.3, -0.25) is 0 Å². The third kappa shape index (κ3) is 2.84. The maximum absolute atomic E-state index is 4.08. The number of aromatic nitrogens is 2. The summed E-state index contributed by atoms with van der Waals surface area (Å²) in [7, 11) is 0. The van der Waals surface area contributed by atoms with Crippen LogP contribution in [0.4, 0.5) is 0 Å². The molecule has 0 radical (unpaired) electrons. The van der Waals surface area contributed by atoms with Gasteiger partial charge in [-0.2, -0.15) is 15.0 Å². The molecule has 1 heterocycles. The lowest BCUT2D eigenvalue weighted by Gasteiger charge is -1.92. The van der Waals surface area contributed by atoms with Crippen molar-refractivity contribution in [1.29, 1.82) is 0 Å². The minimum atomic E-state index is 0.456. The first-order valence-electron chi connectivity index (χ1n) is 3.43. The zero-order chi connectivity index (χ0) is 8.27. The second kappa shape index (κ2) is 3.67. The van der Waals surface area contributed by atoms with E-state index >= 15 is 0 Å². The van der Waals surface area contributed by atoms with Gasteiger partial charge in [-0.25, -0.2) is 0 Å². The van der Waals surface area contributed by atoms with Gasteiger partial charge in [0, 0.05) is 6.21 Å². The molecule has 1 aromatic heterocycles. The van der Waals surface area contributed by atoms with E-state index in [0.717, 1.165) is 4.47 Å². The summed E-state index contributed by atoms with van der Waals surface area (Å²) in [6.07, 6.45) is 5.36. The first-order chi connectivity index (χ1) is 5.18. The third-order valence-corrected chi connectivity index (χ3v) is 1.43. The van der Waals surface area contributed by atoms with Crippen molar-refractivity contribution >= 4 is 22.1 Å².